The van der Waals surface area contributed by atoms with Crippen molar-refractivity contribution in [3.05, 3.63) is 81.9 Å². The number of H-pyrrole nitrogens is 1. The number of halogens is 1. The van der Waals surface area contributed by atoms with E-state index in [1.165, 1.54) is 12.1 Å². The first-order valence-corrected chi connectivity index (χ1v) is 11.1. The Bertz CT molecular complexity index is 1420. The van der Waals surface area contributed by atoms with Gasteiger partial charge in [0.1, 0.15) is 5.82 Å². The van der Waals surface area contributed by atoms with Crippen molar-refractivity contribution >= 4 is 46.8 Å². The van der Waals surface area contributed by atoms with E-state index in [0.717, 1.165) is 29.0 Å². The molecule has 9 nitrogen and oxygen atoms in total. The molecule has 1 aliphatic heterocycles. The number of carbonyl (C=O) groups is 4. The lowest BCUT2D eigenvalue weighted by molar-refractivity contribution is -0.137. The summed E-state index contributed by atoms with van der Waals surface area (Å²) in [4.78, 5) is 51.2. The summed E-state index contributed by atoms with van der Waals surface area (Å²) in [6, 6.07) is 8.82. The Balaban J connectivity index is 1.49. The van der Waals surface area contributed by atoms with E-state index in [1.54, 1.807) is 24.3 Å². The number of carboxylic acids is 1. The third kappa shape index (κ3) is 5.17. The number of aliphatic carboxylic acids is 1. The summed E-state index contributed by atoms with van der Waals surface area (Å²) in [6.45, 7) is 3.73. The standard InChI is InChI=1S/C26H23FN4O5/c1-13-18(9-10-23(32)33)14(2)28-21(13)12-20-19-8-7-17(11-22(19)30-25(20)35)29-26(36)31-24(34)15-3-5-16(27)6-4-15/h3-8,11-12,28H,9-10H2,1-2H3,(H,30,35)(H,32,33)(H2,29,31,34,36). The zero-order valence-corrected chi connectivity index (χ0v) is 19.5. The van der Waals surface area contributed by atoms with Crippen LogP contribution in [-0.2, 0) is 16.0 Å². The van der Waals surface area contributed by atoms with Gasteiger partial charge < -0.3 is 20.7 Å². The van der Waals surface area contributed by atoms with E-state index in [0.29, 0.717) is 34.6 Å². The molecule has 3 aromatic rings. The number of urea groups is 1. The van der Waals surface area contributed by atoms with Crippen molar-refractivity contribution in [2.75, 3.05) is 10.6 Å². The van der Waals surface area contributed by atoms with Crippen molar-refractivity contribution in [1.29, 1.82) is 0 Å². The van der Waals surface area contributed by atoms with Crippen LogP contribution in [0.25, 0.3) is 11.6 Å². The molecule has 36 heavy (non-hydrogen) atoms. The van der Waals surface area contributed by atoms with Gasteiger partial charge in [-0.2, -0.15) is 0 Å². The van der Waals surface area contributed by atoms with E-state index < -0.39 is 23.7 Å². The zero-order valence-electron chi connectivity index (χ0n) is 19.5. The molecule has 0 saturated heterocycles. The summed E-state index contributed by atoms with van der Waals surface area (Å²) in [7, 11) is 0. The van der Waals surface area contributed by atoms with Crippen LogP contribution < -0.4 is 16.0 Å². The maximum absolute atomic E-state index is 13.0. The number of fused-ring (bicyclic) bond motifs is 1. The number of imide groups is 1. The van der Waals surface area contributed by atoms with Gasteiger partial charge in [0.15, 0.2) is 0 Å². The monoisotopic (exact) mass is 490 g/mol. The van der Waals surface area contributed by atoms with E-state index in [2.05, 4.69) is 20.9 Å². The van der Waals surface area contributed by atoms with Crippen LogP contribution in [0.1, 0.15) is 44.9 Å². The molecule has 2 heterocycles. The first kappa shape index (κ1) is 24.4. The van der Waals surface area contributed by atoms with Crippen LogP contribution in [-0.4, -0.2) is 33.9 Å². The van der Waals surface area contributed by atoms with Gasteiger partial charge in [-0.1, -0.05) is 6.07 Å². The molecule has 5 N–H and O–H groups in total. The smallest absolute Gasteiger partial charge is 0.326 e. The molecule has 0 saturated carbocycles. The SMILES string of the molecule is Cc1[nH]c(C=C2C(=O)Nc3cc(NC(=O)NC(=O)c4ccc(F)cc4)ccc32)c(C)c1CCC(=O)O. The molecule has 1 aromatic heterocycles. The molecular formula is C26H23FN4O5. The molecule has 10 heteroatoms. The van der Waals surface area contributed by atoms with Crippen LogP contribution in [0.15, 0.2) is 42.5 Å². The van der Waals surface area contributed by atoms with Gasteiger partial charge in [0.05, 0.1) is 11.3 Å². The first-order chi connectivity index (χ1) is 17.1. The second-order valence-electron chi connectivity index (χ2n) is 8.35. The van der Waals surface area contributed by atoms with Crippen molar-refractivity contribution in [3.8, 4) is 0 Å². The first-order valence-electron chi connectivity index (χ1n) is 11.1. The van der Waals surface area contributed by atoms with Crippen molar-refractivity contribution < 1.29 is 28.7 Å². The quantitative estimate of drug-likeness (QED) is 0.329. The third-order valence-corrected chi connectivity index (χ3v) is 5.90. The van der Waals surface area contributed by atoms with Crippen LogP contribution in [0.5, 0.6) is 0 Å². The molecule has 0 fully saturated rings. The highest BCUT2D eigenvalue weighted by molar-refractivity contribution is 6.35. The minimum absolute atomic E-state index is 0.0116. The summed E-state index contributed by atoms with van der Waals surface area (Å²) < 4.78 is 13.0. The number of carboxylic acid groups (broad SMARTS) is 1. The summed E-state index contributed by atoms with van der Waals surface area (Å²) in [6.07, 6.45) is 2.11. The fourth-order valence-electron chi connectivity index (χ4n) is 4.07. The van der Waals surface area contributed by atoms with Gasteiger partial charge in [0, 0.05) is 34.6 Å². The number of hydrogen-bond donors (Lipinski definition) is 5. The summed E-state index contributed by atoms with van der Waals surface area (Å²) >= 11 is 0. The van der Waals surface area contributed by atoms with Gasteiger partial charge in [-0.05, 0) is 73.9 Å². The van der Waals surface area contributed by atoms with Gasteiger partial charge in [0.2, 0.25) is 0 Å². The number of nitrogens with one attached hydrogen (secondary N) is 4. The number of rotatable bonds is 6. The normalized spacial score (nSPS) is 13.3. The molecule has 0 bridgehead atoms. The molecule has 0 unspecified atom stereocenters. The summed E-state index contributed by atoms with van der Waals surface area (Å²) in [5.74, 6) is -2.38. The molecule has 1 aliphatic rings. The molecule has 4 rings (SSSR count). The minimum atomic E-state index is -0.878. The molecular weight excluding hydrogens is 467 g/mol. The number of benzene rings is 2. The van der Waals surface area contributed by atoms with Crippen molar-refractivity contribution in [1.82, 2.24) is 10.3 Å². The second kappa shape index (κ2) is 9.87. The molecule has 0 aliphatic carbocycles. The number of hydrogen-bond acceptors (Lipinski definition) is 4. The summed E-state index contributed by atoms with van der Waals surface area (Å²) in [5, 5.41) is 16.4. The Hall–Kier alpha value is -4.73. The fraction of sp³-hybridized carbons (Fsp3) is 0.154. The maximum Gasteiger partial charge on any atom is 0.326 e. The van der Waals surface area contributed by atoms with Gasteiger partial charge in [-0.15, -0.1) is 0 Å². The summed E-state index contributed by atoms with van der Waals surface area (Å²) in [5.41, 5.74) is 5.36. The van der Waals surface area contributed by atoms with Crippen molar-refractivity contribution in [2.45, 2.75) is 26.7 Å². The highest BCUT2D eigenvalue weighted by Crippen LogP contribution is 2.36. The van der Waals surface area contributed by atoms with Gasteiger partial charge in [-0.25, -0.2) is 9.18 Å². The Morgan fingerprint density at radius 3 is 2.50 bits per heavy atom. The van der Waals surface area contributed by atoms with Crippen LogP contribution in [0.4, 0.5) is 20.6 Å². The predicted molar refractivity (Wildman–Crippen MR) is 132 cm³/mol. The average molecular weight is 490 g/mol. The highest BCUT2D eigenvalue weighted by Gasteiger charge is 2.25. The predicted octanol–water partition coefficient (Wildman–Crippen LogP) is 4.24. The highest BCUT2D eigenvalue weighted by atomic mass is 19.1. The molecule has 4 amide bonds. The Morgan fingerprint density at radius 1 is 1.08 bits per heavy atom. The van der Waals surface area contributed by atoms with Crippen LogP contribution in [0, 0.1) is 19.7 Å². The zero-order chi connectivity index (χ0) is 26.0. The fourth-order valence-corrected chi connectivity index (χ4v) is 4.07. The number of amides is 4. The Morgan fingerprint density at radius 2 is 1.81 bits per heavy atom. The molecule has 184 valence electrons. The number of carbonyl (C=O) groups excluding carboxylic acids is 3. The van der Waals surface area contributed by atoms with E-state index in [4.69, 9.17) is 5.11 Å². The Kier molecular flexibility index (Phi) is 6.69. The van der Waals surface area contributed by atoms with Crippen LogP contribution in [0.3, 0.4) is 0 Å². The molecule has 2 aromatic carbocycles. The van der Waals surface area contributed by atoms with Crippen molar-refractivity contribution in [3.63, 3.8) is 0 Å². The van der Waals surface area contributed by atoms with E-state index >= 15 is 0 Å². The number of aromatic amines is 1. The molecule has 0 radical (unpaired) electrons. The second-order valence-corrected chi connectivity index (χ2v) is 8.35. The van der Waals surface area contributed by atoms with E-state index in [-0.39, 0.29) is 17.9 Å². The van der Waals surface area contributed by atoms with E-state index in [9.17, 15) is 23.6 Å². The number of aromatic nitrogens is 1. The van der Waals surface area contributed by atoms with Gasteiger partial charge in [0.25, 0.3) is 11.8 Å². The number of aryl methyl sites for hydroxylation is 1. The average Bonchev–Trinajstić information content (AvgIpc) is 3.26. The third-order valence-electron chi connectivity index (χ3n) is 5.90. The van der Waals surface area contributed by atoms with E-state index in [1.807, 2.05) is 13.8 Å². The largest absolute Gasteiger partial charge is 0.481 e. The Labute approximate surface area is 205 Å². The van der Waals surface area contributed by atoms with Crippen LogP contribution in [0.2, 0.25) is 0 Å². The van der Waals surface area contributed by atoms with Crippen molar-refractivity contribution in [2.24, 2.45) is 0 Å². The topological polar surface area (TPSA) is 140 Å². The van der Waals surface area contributed by atoms with Gasteiger partial charge in [-0.3, -0.25) is 19.7 Å². The lowest BCUT2D eigenvalue weighted by Gasteiger charge is -2.08. The maximum atomic E-state index is 13.0. The lowest BCUT2D eigenvalue weighted by atomic mass is 10.0. The lowest BCUT2D eigenvalue weighted by Crippen LogP contribution is -2.34. The minimum Gasteiger partial charge on any atom is -0.481 e. The molecule has 0 spiro atoms. The molecule has 0 atom stereocenters. The number of anilines is 2. The van der Waals surface area contributed by atoms with Crippen LogP contribution >= 0.6 is 0 Å². The van der Waals surface area contributed by atoms with Gasteiger partial charge >= 0.3 is 12.0 Å².